The number of hydrogen-bond donors (Lipinski definition) is 0. The van der Waals surface area contributed by atoms with Crippen LogP contribution in [0.1, 0.15) is 101 Å². The summed E-state index contributed by atoms with van der Waals surface area (Å²) in [4.78, 5) is 2.53. The summed E-state index contributed by atoms with van der Waals surface area (Å²) in [5.41, 5.74) is 23.6. The molecule has 0 heterocycles. The Morgan fingerprint density at radius 2 is 0.839 bits per heavy atom. The lowest BCUT2D eigenvalue weighted by Crippen LogP contribution is -2.18. The van der Waals surface area contributed by atoms with Crippen LogP contribution in [0.25, 0.3) is 44.5 Å². The van der Waals surface area contributed by atoms with Gasteiger partial charge in [-0.05, 0) is 114 Å². The van der Waals surface area contributed by atoms with Gasteiger partial charge in [0.1, 0.15) is 0 Å². The zero-order chi connectivity index (χ0) is 38.9. The molecule has 1 nitrogen and oxygen atoms in total. The van der Waals surface area contributed by atoms with Crippen LogP contribution in [-0.4, -0.2) is 0 Å². The maximum absolute atomic E-state index is 2.53. The van der Waals surface area contributed by atoms with Crippen LogP contribution >= 0.6 is 0 Å². The van der Waals surface area contributed by atoms with E-state index < -0.39 is 0 Å². The molecule has 0 spiro atoms. The Balaban J connectivity index is 1.22. The highest BCUT2D eigenvalue weighted by molar-refractivity contribution is 5.99. The van der Waals surface area contributed by atoms with Crippen molar-refractivity contribution in [3.8, 4) is 44.5 Å². The lowest BCUT2D eigenvalue weighted by atomic mass is 9.79. The first-order chi connectivity index (χ1) is 26.7. The SMILES string of the molecule is CC(C)(C)c1ccc2c(c1)C(C)(C)c1cccc(-c3ccccc3N(c3ccc4c(c3)-c3ccccc3C4(C)C)c3ccc4c(c3)C(C)(C)c3ccccc3-4)c1-2. The maximum atomic E-state index is 2.53. The third-order valence-electron chi connectivity index (χ3n) is 13.7. The average Bonchev–Trinajstić information content (AvgIpc) is 3.67. The molecule has 10 rings (SSSR count). The Morgan fingerprint density at radius 3 is 1.55 bits per heavy atom. The Morgan fingerprint density at radius 1 is 0.357 bits per heavy atom. The second-order valence-corrected chi connectivity index (χ2v) is 19.0. The molecule has 0 atom stereocenters. The van der Waals surface area contributed by atoms with Crippen LogP contribution in [0, 0.1) is 0 Å². The average molecular weight is 726 g/mol. The standard InChI is InChI=1S/C55H51N/c1-52(2,3)34-25-28-42-48(31-34)55(8,9)47-23-16-20-41(51(42)47)40-19-12-15-24-50(40)56(35-27-30-46-43(32-35)38-18-11-14-22-45(38)53(46,4)5)36-26-29-39-37-17-10-13-21-44(37)54(6,7)49(39)33-36/h10-33H,1-9H3. The first kappa shape index (κ1) is 34.8. The molecule has 0 aromatic heterocycles. The summed E-state index contributed by atoms with van der Waals surface area (Å²) in [6.45, 7) is 21.2. The van der Waals surface area contributed by atoms with Gasteiger partial charge in [-0.3, -0.25) is 0 Å². The third-order valence-corrected chi connectivity index (χ3v) is 13.7. The first-order valence-electron chi connectivity index (χ1n) is 20.4. The van der Waals surface area contributed by atoms with Crippen molar-refractivity contribution in [2.24, 2.45) is 0 Å². The van der Waals surface area contributed by atoms with Gasteiger partial charge in [-0.15, -0.1) is 0 Å². The highest BCUT2D eigenvalue weighted by atomic mass is 15.1. The molecular weight excluding hydrogens is 675 g/mol. The molecule has 1 heteroatoms. The Hall–Kier alpha value is -5.66. The topological polar surface area (TPSA) is 3.24 Å². The molecule has 56 heavy (non-hydrogen) atoms. The lowest BCUT2D eigenvalue weighted by Gasteiger charge is -2.31. The van der Waals surface area contributed by atoms with E-state index in [9.17, 15) is 0 Å². The lowest BCUT2D eigenvalue weighted by molar-refractivity contribution is 0.584. The van der Waals surface area contributed by atoms with Crippen LogP contribution in [0.5, 0.6) is 0 Å². The molecule has 0 N–H and O–H groups in total. The molecule has 0 amide bonds. The minimum Gasteiger partial charge on any atom is -0.310 e. The highest BCUT2D eigenvalue weighted by Crippen LogP contribution is 2.57. The van der Waals surface area contributed by atoms with Crippen molar-refractivity contribution in [3.63, 3.8) is 0 Å². The van der Waals surface area contributed by atoms with E-state index >= 15 is 0 Å². The second-order valence-electron chi connectivity index (χ2n) is 19.0. The molecule has 0 aliphatic heterocycles. The van der Waals surface area contributed by atoms with Gasteiger partial charge in [0.25, 0.3) is 0 Å². The Kier molecular flexibility index (Phi) is 7.26. The van der Waals surface area contributed by atoms with Crippen molar-refractivity contribution >= 4 is 17.1 Å². The Bertz CT molecular complexity index is 2760. The van der Waals surface area contributed by atoms with E-state index in [-0.39, 0.29) is 21.7 Å². The van der Waals surface area contributed by atoms with Crippen LogP contribution in [0.2, 0.25) is 0 Å². The molecule has 0 saturated carbocycles. The van der Waals surface area contributed by atoms with E-state index in [0.717, 1.165) is 0 Å². The Labute approximate surface area is 333 Å². The number of benzene rings is 7. The molecular formula is C55H51N. The van der Waals surface area contributed by atoms with E-state index in [1.807, 2.05) is 0 Å². The highest BCUT2D eigenvalue weighted by Gasteiger charge is 2.40. The van der Waals surface area contributed by atoms with Crippen LogP contribution in [0.4, 0.5) is 17.1 Å². The van der Waals surface area contributed by atoms with E-state index in [0.29, 0.717) is 0 Å². The largest absolute Gasteiger partial charge is 0.310 e. The molecule has 7 aromatic rings. The van der Waals surface area contributed by atoms with Gasteiger partial charge in [0.15, 0.2) is 0 Å². The van der Waals surface area contributed by atoms with Gasteiger partial charge in [0.2, 0.25) is 0 Å². The van der Waals surface area contributed by atoms with Gasteiger partial charge in [-0.2, -0.15) is 0 Å². The molecule has 7 aromatic carbocycles. The number of fused-ring (bicyclic) bond motifs is 9. The van der Waals surface area contributed by atoms with Crippen molar-refractivity contribution in [1.82, 2.24) is 0 Å². The van der Waals surface area contributed by atoms with Crippen LogP contribution < -0.4 is 4.90 Å². The van der Waals surface area contributed by atoms with E-state index in [1.54, 1.807) is 0 Å². The van der Waals surface area contributed by atoms with Crippen molar-refractivity contribution < 1.29 is 0 Å². The summed E-state index contributed by atoms with van der Waals surface area (Å²) >= 11 is 0. The van der Waals surface area contributed by atoms with Gasteiger partial charge in [-0.25, -0.2) is 0 Å². The predicted octanol–water partition coefficient (Wildman–Crippen LogP) is 15.0. The summed E-state index contributed by atoms with van der Waals surface area (Å²) in [5.74, 6) is 0. The van der Waals surface area contributed by atoms with Gasteiger partial charge in [0.05, 0.1) is 5.69 Å². The first-order valence-corrected chi connectivity index (χ1v) is 20.4. The molecule has 276 valence electrons. The number of para-hydroxylation sites is 1. The third kappa shape index (κ3) is 4.79. The van der Waals surface area contributed by atoms with E-state index in [1.165, 1.54) is 101 Å². The fourth-order valence-corrected chi connectivity index (χ4v) is 10.5. The summed E-state index contributed by atoms with van der Waals surface area (Å²) in [5, 5.41) is 0. The van der Waals surface area contributed by atoms with Gasteiger partial charge in [-0.1, -0.05) is 178 Å². The summed E-state index contributed by atoms with van der Waals surface area (Å²) in [6.07, 6.45) is 0. The predicted molar refractivity (Wildman–Crippen MR) is 238 cm³/mol. The molecule has 3 aliphatic rings. The quantitative estimate of drug-likeness (QED) is 0.175. The summed E-state index contributed by atoms with van der Waals surface area (Å²) in [6, 6.07) is 55.6. The number of nitrogens with zero attached hydrogens (tertiary/aromatic N) is 1. The van der Waals surface area contributed by atoms with Gasteiger partial charge < -0.3 is 4.90 Å². The number of hydrogen-bond acceptors (Lipinski definition) is 1. The molecule has 0 saturated heterocycles. The van der Waals surface area contributed by atoms with Crippen LogP contribution in [0.15, 0.2) is 146 Å². The smallest absolute Gasteiger partial charge is 0.0540 e. The van der Waals surface area contributed by atoms with E-state index in [2.05, 4.69) is 213 Å². The normalized spacial score (nSPS) is 16.0. The molecule has 0 unspecified atom stereocenters. The zero-order valence-corrected chi connectivity index (χ0v) is 34.3. The number of rotatable bonds is 4. The maximum Gasteiger partial charge on any atom is 0.0540 e. The van der Waals surface area contributed by atoms with Crippen molar-refractivity contribution in [1.29, 1.82) is 0 Å². The fourth-order valence-electron chi connectivity index (χ4n) is 10.5. The fraction of sp³-hybridized carbons (Fsp3) is 0.236. The number of anilines is 3. The van der Waals surface area contributed by atoms with E-state index in [4.69, 9.17) is 0 Å². The van der Waals surface area contributed by atoms with Crippen LogP contribution in [0.3, 0.4) is 0 Å². The molecule has 0 radical (unpaired) electrons. The molecule has 0 fully saturated rings. The van der Waals surface area contributed by atoms with Gasteiger partial charge >= 0.3 is 0 Å². The summed E-state index contributed by atoms with van der Waals surface area (Å²) < 4.78 is 0. The van der Waals surface area contributed by atoms with Crippen molar-refractivity contribution in [3.05, 3.63) is 185 Å². The van der Waals surface area contributed by atoms with Crippen molar-refractivity contribution in [2.75, 3.05) is 4.90 Å². The molecule has 0 bridgehead atoms. The second kappa shape index (κ2) is 11.7. The minimum atomic E-state index is -0.116. The van der Waals surface area contributed by atoms with Crippen molar-refractivity contribution in [2.45, 2.75) is 84.0 Å². The molecule has 3 aliphatic carbocycles. The minimum absolute atomic E-state index is 0.0613. The summed E-state index contributed by atoms with van der Waals surface area (Å²) in [7, 11) is 0. The van der Waals surface area contributed by atoms with Gasteiger partial charge in [0, 0.05) is 33.2 Å². The van der Waals surface area contributed by atoms with Crippen LogP contribution in [-0.2, 0) is 21.7 Å². The monoisotopic (exact) mass is 725 g/mol. The zero-order valence-electron chi connectivity index (χ0n) is 34.3.